The fourth-order valence-electron chi connectivity index (χ4n) is 2.72. The number of carbonyl (C=O) groups is 1. The first-order chi connectivity index (χ1) is 9.19. The lowest BCUT2D eigenvalue weighted by molar-refractivity contribution is -0.144. The highest BCUT2D eigenvalue weighted by atomic mass is 16.5. The standard InChI is InChI=1S/C15H22N2O2/c1-3-6-14(15(18)19-4-2)17-10-9-11-12(16)7-5-8-13(11)17/h5,7-8,14H,3-4,6,9-10,16H2,1-2H3. The number of hydrogen-bond donors (Lipinski definition) is 1. The van der Waals surface area contributed by atoms with Crippen LogP contribution in [0.4, 0.5) is 11.4 Å². The third kappa shape index (κ3) is 2.67. The molecular weight excluding hydrogens is 240 g/mol. The molecule has 1 unspecified atom stereocenters. The molecule has 0 spiro atoms. The van der Waals surface area contributed by atoms with Gasteiger partial charge in [0.05, 0.1) is 6.61 Å². The zero-order valence-corrected chi connectivity index (χ0v) is 11.7. The molecule has 0 aliphatic carbocycles. The van der Waals surface area contributed by atoms with Gasteiger partial charge in [-0.15, -0.1) is 0 Å². The van der Waals surface area contributed by atoms with Crippen molar-refractivity contribution in [1.29, 1.82) is 0 Å². The summed E-state index contributed by atoms with van der Waals surface area (Å²) in [6, 6.07) is 5.72. The molecule has 0 radical (unpaired) electrons. The summed E-state index contributed by atoms with van der Waals surface area (Å²) in [4.78, 5) is 14.3. The summed E-state index contributed by atoms with van der Waals surface area (Å²) in [6.07, 6.45) is 2.67. The molecule has 1 aliphatic heterocycles. The first-order valence-electron chi connectivity index (χ1n) is 6.99. The molecule has 0 saturated carbocycles. The second kappa shape index (κ2) is 5.95. The molecule has 4 nitrogen and oxygen atoms in total. The van der Waals surface area contributed by atoms with Gasteiger partial charge in [0.2, 0.25) is 0 Å². The van der Waals surface area contributed by atoms with Gasteiger partial charge in [-0.25, -0.2) is 4.79 Å². The van der Waals surface area contributed by atoms with Gasteiger partial charge in [-0.2, -0.15) is 0 Å². The van der Waals surface area contributed by atoms with Crippen LogP contribution < -0.4 is 10.6 Å². The van der Waals surface area contributed by atoms with Crippen molar-refractivity contribution in [3.8, 4) is 0 Å². The van der Waals surface area contributed by atoms with Gasteiger partial charge < -0.3 is 15.4 Å². The number of anilines is 2. The monoisotopic (exact) mass is 262 g/mol. The van der Waals surface area contributed by atoms with E-state index < -0.39 is 0 Å². The zero-order valence-electron chi connectivity index (χ0n) is 11.7. The molecule has 0 aromatic heterocycles. The predicted molar refractivity (Wildman–Crippen MR) is 77.2 cm³/mol. The SMILES string of the molecule is CCCC(C(=O)OCC)N1CCc2c(N)cccc21. The summed E-state index contributed by atoms with van der Waals surface area (Å²) in [5, 5.41) is 0. The Balaban J connectivity index is 2.26. The van der Waals surface area contributed by atoms with Gasteiger partial charge in [0.25, 0.3) is 0 Å². The van der Waals surface area contributed by atoms with Gasteiger partial charge in [-0.3, -0.25) is 0 Å². The van der Waals surface area contributed by atoms with Gasteiger partial charge in [-0.05, 0) is 31.9 Å². The van der Waals surface area contributed by atoms with E-state index in [4.69, 9.17) is 10.5 Å². The number of esters is 1. The van der Waals surface area contributed by atoms with Crippen LogP contribution in [0.1, 0.15) is 32.3 Å². The number of rotatable bonds is 5. The van der Waals surface area contributed by atoms with Crippen molar-refractivity contribution in [3.63, 3.8) is 0 Å². The molecule has 0 fully saturated rings. The topological polar surface area (TPSA) is 55.6 Å². The van der Waals surface area contributed by atoms with Crippen LogP contribution in [-0.2, 0) is 16.0 Å². The van der Waals surface area contributed by atoms with Crippen molar-refractivity contribution in [2.45, 2.75) is 39.2 Å². The molecule has 1 aromatic rings. The number of carbonyl (C=O) groups excluding carboxylic acids is 1. The van der Waals surface area contributed by atoms with Crippen LogP contribution in [0.3, 0.4) is 0 Å². The third-order valence-corrected chi connectivity index (χ3v) is 3.60. The van der Waals surface area contributed by atoms with Crippen LogP contribution in [0.2, 0.25) is 0 Å². The molecule has 1 aliphatic rings. The Morgan fingerprint density at radius 3 is 2.95 bits per heavy atom. The molecule has 0 amide bonds. The molecule has 2 N–H and O–H groups in total. The van der Waals surface area contributed by atoms with Crippen LogP contribution in [0.25, 0.3) is 0 Å². The van der Waals surface area contributed by atoms with Crippen molar-refractivity contribution in [1.82, 2.24) is 0 Å². The van der Waals surface area contributed by atoms with Gasteiger partial charge >= 0.3 is 5.97 Å². The average Bonchev–Trinajstić information content (AvgIpc) is 2.81. The number of benzene rings is 1. The third-order valence-electron chi connectivity index (χ3n) is 3.60. The summed E-state index contributed by atoms with van der Waals surface area (Å²) in [5.41, 5.74) is 9.07. The lowest BCUT2D eigenvalue weighted by atomic mass is 10.1. The normalized spacial score (nSPS) is 15.2. The van der Waals surface area contributed by atoms with Crippen LogP contribution in [0.15, 0.2) is 18.2 Å². The van der Waals surface area contributed by atoms with E-state index in [0.717, 1.165) is 42.7 Å². The highest BCUT2D eigenvalue weighted by molar-refractivity contribution is 5.82. The van der Waals surface area contributed by atoms with Gasteiger partial charge in [0.15, 0.2) is 0 Å². The quantitative estimate of drug-likeness (QED) is 0.654. The minimum absolute atomic E-state index is 0.125. The molecule has 0 bridgehead atoms. The Hall–Kier alpha value is -1.71. The minimum Gasteiger partial charge on any atom is -0.464 e. The maximum atomic E-state index is 12.1. The Morgan fingerprint density at radius 2 is 2.26 bits per heavy atom. The average molecular weight is 262 g/mol. The number of nitrogen functional groups attached to an aromatic ring is 1. The Labute approximate surface area is 114 Å². The molecule has 1 heterocycles. The van der Waals surface area contributed by atoms with E-state index in [-0.39, 0.29) is 12.0 Å². The largest absolute Gasteiger partial charge is 0.464 e. The van der Waals surface area contributed by atoms with Gasteiger partial charge in [-0.1, -0.05) is 19.4 Å². The smallest absolute Gasteiger partial charge is 0.328 e. The second-order valence-corrected chi connectivity index (χ2v) is 4.84. The number of fused-ring (bicyclic) bond motifs is 1. The molecule has 2 rings (SSSR count). The Kier molecular flexibility index (Phi) is 4.30. The maximum Gasteiger partial charge on any atom is 0.328 e. The molecule has 0 saturated heterocycles. The van der Waals surface area contributed by atoms with Crippen LogP contribution in [0.5, 0.6) is 0 Å². The van der Waals surface area contributed by atoms with E-state index in [9.17, 15) is 4.79 Å². The molecule has 1 aromatic carbocycles. The first-order valence-corrected chi connectivity index (χ1v) is 6.99. The Bertz CT molecular complexity index is 459. The van der Waals surface area contributed by atoms with E-state index in [1.165, 1.54) is 0 Å². The van der Waals surface area contributed by atoms with Crippen LogP contribution in [0, 0.1) is 0 Å². The lowest BCUT2D eigenvalue weighted by Crippen LogP contribution is -2.41. The number of hydrogen-bond acceptors (Lipinski definition) is 4. The minimum atomic E-state index is -0.187. The molecule has 1 atom stereocenters. The van der Waals surface area contributed by atoms with Crippen molar-refractivity contribution >= 4 is 17.3 Å². The van der Waals surface area contributed by atoms with E-state index >= 15 is 0 Å². The summed E-state index contributed by atoms with van der Waals surface area (Å²) in [7, 11) is 0. The van der Waals surface area contributed by atoms with E-state index in [1.807, 2.05) is 25.1 Å². The summed E-state index contributed by atoms with van der Waals surface area (Å²) in [5.74, 6) is -0.125. The van der Waals surface area contributed by atoms with Crippen LogP contribution >= 0.6 is 0 Å². The highest BCUT2D eigenvalue weighted by Gasteiger charge is 2.31. The zero-order chi connectivity index (χ0) is 13.8. The fourth-order valence-corrected chi connectivity index (χ4v) is 2.72. The second-order valence-electron chi connectivity index (χ2n) is 4.84. The predicted octanol–water partition coefficient (Wildman–Crippen LogP) is 2.36. The highest BCUT2D eigenvalue weighted by Crippen LogP contribution is 2.34. The van der Waals surface area contributed by atoms with Gasteiger partial charge in [0.1, 0.15) is 6.04 Å². The lowest BCUT2D eigenvalue weighted by Gasteiger charge is -2.28. The van der Waals surface area contributed by atoms with Crippen molar-refractivity contribution in [2.75, 3.05) is 23.8 Å². The van der Waals surface area contributed by atoms with Crippen molar-refractivity contribution < 1.29 is 9.53 Å². The number of nitrogens with two attached hydrogens (primary N) is 1. The number of nitrogens with zero attached hydrogens (tertiary/aromatic N) is 1. The summed E-state index contributed by atoms with van der Waals surface area (Å²) < 4.78 is 5.20. The van der Waals surface area contributed by atoms with Crippen molar-refractivity contribution in [2.24, 2.45) is 0 Å². The van der Waals surface area contributed by atoms with Crippen LogP contribution in [-0.4, -0.2) is 25.2 Å². The summed E-state index contributed by atoms with van der Waals surface area (Å²) in [6.45, 7) is 5.20. The first kappa shape index (κ1) is 13.7. The molecular formula is C15H22N2O2. The van der Waals surface area contributed by atoms with Crippen molar-refractivity contribution in [3.05, 3.63) is 23.8 Å². The van der Waals surface area contributed by atoms with E-state index in [1.54, 1.807) is 0 Å². The summed E-state index contributed by atoms with van der Waals surface area (Å²) >= 11 is 0. The Morgan fingerprint density at radius 1 is 1.47 bits per heavy atom. The number of ether oxygens (including phenoxy) is 1. The van der Waals surface area contributed by atoms with E-state index in [2.05, 4.69) is 11.8 Å². The molecule has 19 heavy (non-hydrogen) atoms. The molecule has 4 heteroatoms. The maximum absolute atomic E-state index is 12.1. The van der Waals surface area contributed by atoms with Gasteiger partial charge in [0, 0.05) is 23.5 Å². The fraction of sp³-hybridized carbons (Fsp3) is 0.533. The van der Waals surface area contributed by atoms with E-state index in [0.29, 0.717) is 6.61 Å². The molecule has 104 valence electrons.